The number of hydrogen-bond donors (Lipinski definition) is 0. The Balaban J connectivity index is 2.22. The third-order valence-corrected chi connectivity index (χ3v) is 6.43. The van der Waals surface area contributed by atoms with Gasteiger partial charge in [-0.1, -0.05) is 78.9 Å². The van der Waals surface area contributed by atoms with E-state index in [0.717, 1.165) is 16.7 Å². The summed E-state index contributed by atoms with van der Waals surface area (Å²) < 4.78 is 20.3. The van der Waals surface area contributed by atoms with Crippen molar-refractivity contribution in [2.75, 3.05) is 0 Å². The minimum atomic E-state index is -3.24. The van der Waals surface area contributed by atoms with Crippen molar-refractivity contribution in [1.29, 1.82) is 0 Å². The lowest BCUT2D eigenvalue weighted by molar-refractivity contribution is 0.141. The maximum atomic E-state index is 14.1. The first-order valence-electron chi connectivity index (χ1n) is 9.07. The van der Waals surface area contributed by atoms with Gasteiger partial charge in [-0.15, -0.1) is 0 Å². The SMILES string of the molecule is CC(C)(C)O[P@@](=O)(C=C(c1ccccc1)c1ccccc1)c1ccccc1. The van der Waals surface area contributed by atoms with E-state index in [0.29, 0.717) is 5.30 Å². The van der Waals surface area contributed by atoms with Crippen LogP contribution in [0.3, 0.4) is 0 Å². The van der Waals surface area contributed by atoms with Crippen molar-refractivity contribution in [3.05, 3.63) is 108 Å². The van der Waals surface area contributed by atoms with Gasteiger partial charge in [0.15, 0.2) is 0 Å². The molecule has 1 atom stereocenters. The van der Waals surface area contributed by atoms with Crippen LogP contribution in [0.25, 0.3) is 5.57 Å². The van der Waals surface area contributed by atoms with Crippen molar-refractivity contribution in [2.45, 2.75) is 26.4 Å². The molecule has 3 aromatic rings. The second-order valence-corrected chi connectivity index (χ2v) is 9.56. The smallest absolute Gasteiger partial charge is 0.255 e. The summed E-state index contributed by atoms with van der Waals surface area (Å²) in [5, 5.41) is 0.698. The summed E-state index contributed by atoms with van der Waals surface area (Å²) in [5.74, 6) is 1.82. The molecule has 0 saturated carbocycles. The Morgan fingerprint density at radius 2 is 1.15 bits per heavy atom. The maximum Gasteiger partial charge on any atom is 0.255 e. The zero-order valence-corrected chi connectivity index (χ0v) is 16.9. The highest BCUT2D eigenvalue weighted by Crippen LogP contribution is 2.53. The van der Waals surface area contributed by atoms with Gasteiger partial charge in [-0.05, 0) is 49.6 Å². The summed E-state index contributed by atoms with van der Waals surface area (Å²) in [4.78, 5) is 0. The molecule has 2 nitrogen and oxygen atoms in total. The van der Waals surface area contributed by atoms with Gasteiger partial charge in [0.2, 0.25) is 0 Å². The summed E-state index contributed by atoms with van der Waals surface area (Å²) in [6.07, 6.45) is 0. The molecule has 0 aromatic heterocycles. The van der Waals surface area contributed by atoms with Crippen LogP contribution in [-0.2, 0) is 9.09 Å². The molecule has 0 bridgehead atoms. The van der Waals surface area contributed by atoms with E-state index in [4.69, 9.17) is 4.52 Å². The second kappa shape index (κ2) is 8.08. The monoisotopic (exact) mass is 376 g/mol. The molecule has 27 heavy (non-hydrogen) atoms. The third-order valence-electron chi connectivity index (χ3n) is 3.99. The molecule has 0 radical (unpaired) electrons. The summed E-state index contributed by atoms with van der Waals surface area (Å²) in [6, 6.07) is 29.5. The summed E-state index contributed by atoms with van der Waals surface area (Å²) >= 11 is 0. The molecular formula is C24H25O2P. The normalized spacial score (nSPS) is 13.6. The molecular weight excluding hydrogens is 351 g/mol. The van der Waals surface area contributed by atoms with Crippen LogP contribution in [0.1, 0.15) is 31.9 Å². The van der Waals surface area contributed by atoms with Gasteiger partial charge in [0, 0.05) is 11.1 Å². The Kier molecular flexibility index (Phi) is 5.79. The fraction of sp³-hybridized carbons (Fsp3) is 0.167. The molecule has 0 saturated heterocycles. The second-order valence-electron chi connectivity index (χ2n) is 7.41. The molecule has 0 N–H and O–H groups in total. The summed E-state index contributed by atoms with van der Waals surface area (Å²) in [6.45, 7) is 5.80. The average molecular weight is 376 g/mol. The molecule has 0 spiro atoms. The van der Waals surface area contributed by atoms with E-state index in [-0.39, 0.29) is 0 Å². The zero-order valence-electron chi connectivity index (χ0n) is 16.0. The lowest BCUT2D eigenvalue weighted by atomic mass is 10.00. The Bertz CT molecular complexity index is 898. The topological polar surface area (TPSA) is 26.3 Å². The lowest BCUT2D eigenvalue weighted by Crippen LogP contribution is -2.21. The van der Waals surface area contributed by atoms with Crippen molar-refractivity contribution in [2.24, 2.45) is 0 Å². The predicted molar refractivity (Wildman–Crippen MR) is 114 cm³/mol. The van der Waals surface area contributed by atoms with Crippen LogP contribution in [0.5, 0.6) is 0 Å². The van der Waals surface area contributed by atoms with Crippen LogP contribution in [0.2, 0.25) is 0 Å². The van der Waals surface area contributed by atoms with Crippen LogP contribution in [-0.4, -0.2) is 5.60 Å². The molecule has 0 fully saturated rings. The van der Waals surface area contributed by atoms with Crippen molar-refractivity contribution in [3.8, 4) is 0 Å². The first kappa shape index (κ1) is 19.4. The molecule has 3 rings (SSSR count). The van der Waals surface area contributed by atoms with Crippen molar-refractivity contribution < 1.29 is 9.09 Å². The van der Waals surface area contributed by atoms with Gasteiger partial charge in [0.05, 0.1) is 5.60 Å². The van der Waals surface area contributed by atoms with Gasteiger partial charge < -0.3 is 4.52 Å². The molecule has 3 aromatic carbocycles. The number of rotatable bonds is 5. The fourth-order valence-electron chi connectivity index (χ4n) is 2.92. The quantitative estimate of drug-likeness (QED) is 0.476. The van der Waals surface area contributed by atoms with E-state index in [9.17, 15) is 4.57 Å². The standard InChI is InChI=1S/C24H25O2P/c1-24(2,3)26-27(25,22-17-11-6-12-18-22)19-23(20-13-7-4-8-14-20)21-15-9-5-10-16-21/h4-19H,1-3H3/t27-/m0/s1. The largest absolute Gasteiger partial charge is 0.317 e. The zero-order chi connectivity index (χ0) is 19.3. The molecule has 0 amide bonds. The lowest BCUT2D eigenvalue weighted by Gasteiger charge is -2.27. The van der Waals surface area contributed by atoms with Gasteiger partial charge in [0.25, 0.3) is 7.37 Å². The summed E-state index contributed by atoms with van der Waals surface area (Å²) in [5.41, 5.74) is 2.39. The molecule has 138 valence electrons. The van der Waals surface area contributed by atoms with Gasteiger partial charge in [-0.2, -0.15) is 0 Å². The van der Waals surface area contributed by atoms with Gasteiger partial charge >= 0.3 is 0 Å². The van der Waals surface area contributed by atoms with Gasteiger partial charge in [-0.3, -0.25) is 4.57 Å². The molecule has 0 heterocycles. The number of benzene rings is 3. The van der Waals surface area contributed by atoms with E-state index in [1.165, 1.54) is 0 Å². The molecule has 0 aliphatic rings. The molecule has 0 aliphatic heterocycles. The van der Waals surface area contributed by atoms with Crippen LogP contribution >= 0.6 is 7.37 Å². The number of hydrogen-bond acceptors (Lipinski definition) is 2. The summed E-state index contributed by atoms with van der Waals surface area (Å²) in [7, 11) is -3.24. The average Bonchev–Trinajstić information content (AvgIpc) is 2.67. The van der Waals surface area contributed by atoms with Gasteiger partial charge in [-0.25, -0.2) is 0 Å². The van der Waals surface area contributed by atoms with Crippen LogP contribution in [0.4, 0.5) is 0 Å². The highest BCUT2D eigenvalue weighted by molar-refractivity contribution is 7.70. The van der Waals surface area contributed by atoms with E-state index >= 15 is 0 Å². The van der Waals surface area contributed by atoms with Crippen LogP contribution in [0.15, 0.2) is 96.8 Å². The highest BCUT2D eigenvalue weighted by Gasteiger charge is 2.30. The first-order chi connectivity index (χ1) is 12.9. The molecule has 0 unspecified atom stereocenters. The minimum Gasteiger partial charge on any atom is -0.317 e. The van der Waals surface area contributed by atoms with Crippen molar-refractivity contribution in [3.63, 3.8) is 0 Å². The van der Waals surface area contributed by atoms with E-state index in [2.05, 4.69) is 0 Å². The van der Waals surface area contributed by atoms with Gasteiger partial charge in [0.1, 0.15) is 0 Å². The van der Waals surface area contributed by atoms with Crippen LogP contribution < -0.4 is 5.30 Å². The maximum absolute atomic E-state index is 14.1. The highest BCUT2D eigenvalue weighted by atomic mass is 31.2. The fourth-order valence-corrected chi connectivity index (χ4v) is 5.26. The van der Waals surface area contributed by atoms with Crippen molar-refractivity contribution in [1.82, 2.24) is 0 Å². The van der Waals surface area contributed by atoms with E-state index in [1.807, 2.05) is 118 Å². The van der Waals surface area contributed by atoms with E-state index in [1.54, 1.807) is 0 Å². The van der Waals surface area contributed by atoms with Crippen LogP contribution in [0, 0.1) is 0 Å². The Hall–Kier alpha value is -2.41. The Morgan fingerprint density at radius 3 is 1.56 bits per heavy atom. The third kappa shape index (κ3) is 5.07. The molecule has 3 heteroatoms. The Morgan fingerprint density at radius 1 is 0.741 bits per heavy atom. The molecule has 0 aliphatic carbocycles. The van der Waals surface area contributed by atoms with E-state index < -0.39 is 13.0 Å². The minimum absolute atomic E-state index is 0.541. The Labute approximate surface area is 162 Å². The predicted octanol–water partition coefficient (Wildman–Crippen LogP) is 6.49. The first-order valence-corrected chi connectivity index (χ1v) is 10.8. The van der Waals surface area contributed by atoms with Crippen molar-refractivity contribution >= 4 is 18.2 Å².